The first-order valence-electron chi connectivity index (χ1n) is 10.1. The second-order valence-electron chi connectivity index (χ2n) is 7.75. The van der Waals surface area contributed by atoms with Gasteiger partial charge in [-0.05, 0) is 30.7 Å². The van der Waals surface area contributed by atoms with Gasteiger partial charge in [0.05, 0.1) is 37.9 Å². The number of aromatic amines is 1. The molecule has 29 heavy (non-hydrogen) atoms. The Kier molecular flexibility index (Phi) is 7.97. The Morgan fingerprint density at radius 3 is 3.10 bits per heavy atom. The van der Waals surface area contributed by atoms with Crippen LogP contribution in [-0.4, -0.2) is 66.1 Å². The van der Waals surface area contributed by atoms with Crippen molar-refractivity contribution in [3.63, 3.8) is 0 Å². The van der Waals surface area contributed by atoms with E-state index < -0.39 is 6.10 Å². The first kappa shape index (κ1) is 22.1. The number of aliphatic hydroxyl groups excluding tert-OH is 1. The Bertz CT molecular complexity index is 879. The molecule has 7 nitrogen and oxygen atoms in total. The number of rotatable bonds is 11. The highest BCUT2D eigenvalue weighted by Gasteiger charge is 2.23. The second kappa shape index (κ2) is 10.4. The molecule has 3 rings (SSSR count). The zero-order valence-corrected chi connectivity index (χ0v) is 18.1. The topological polar surface area (TPSA) is 87.7 Å². The van der Waals surface area contributed by atoms with Gasteiger partial charge in [-0.15, -0.1) is 17.9 Å². The van der Waals surface area contributed by atoms with Crippen LogP contribution in [0.3, 0.4) is 0 Å². The number of hydrogen-bond acceptors (Lipinski definition) is 7. The summed E-state index contributed by atoms with van der Waals surface area (Å²) in [7, 11) is 1.64. The van der Waals surface area contributed by atoms with Crippen LogP contribution in [0.2, 0.25) is 0 Å². The van der Waals surface area contributed by atoms with Crippen molar-refractivity contribution in [1.29, 1.82) is 0 Å². The molecule has 1 aliphatic rings. The third kappa shape index (κ3) is 5.73. The number of methoxy groups -OCH3 is 1. The minimum absolute atomic E-state index is 0.0568. The Balaban J connectivity index is 1.76. The van der Waals surface area contributed by atoms with Crippen molar-refractivity contribution in [1.82, 2.24) is 14.9 Å². The molecule has 2 N–H and O–H groups in total. The van der Waals surface area contributed by atoms with Crippen LogP contribution in [0.15, 0.2) is 17.4 Å². The number of fused-ring (bicyclic) bond motifs is 3. The summed E-state index contributed by atoms with van der Waals surface area (Å²) in [6.45, 7) is 8.48. The Labute approximate surface area is 175 Å². The van der Waals surface area contributed by atoms with E-state index in [0.29, 0.717) is 44.6 Å². The molecule has 0 aromatic carbocycles. The first-order valence-corrected chi connectivity index (χ1v) is 10.9. The number of nitrogens with zero attached hydrogens (tertiary/aromatic N) is 2. The van der Waals surface area contributed by atoms with Gasteiger partial charge in [-0.3, -0.25) is 9.69 Å². The van der Waals surface area contributed by atoms with Gasteiger partial charge < -0.3 is 19.6 Å². The number of aryl methyl sites for hydroxylation is 1. The van der Waals surface area contributed by atoms with E-state index in [0.717, 1.165) is 29.5 Å². The zero-order valence-electron chi connectivity index (χ0n) is 17.3. The standard InChI is InChI=1S/C21H31N3O4S/c1-4-8-28-13-15(25)11-24(7-9-27-3)12-18-22-20(26)19-16-6-5-14(2)10-17(16)29-21(19)23-18/h4,14-15,25H,1,5-13H2,2-3H3,(H,22,23,26)/t14-,15+/m1/s1. The van der Waals surface area contributed by atoms with Gasteiger partial charge >= 0.3 is 0 Å². The van der Waals surface area contributed by atoms with Crippen LogP contribution in [0.1, 0.15) is 29.6 Å². The Morgan fingerprint density at radius 2 is 2.34 bits per heavy atom. The van der Waals surface area contributed by atoms with Crippen molar-refractivity contribution in [3.8, 4) is 0 Å². The summed E-state index contributed by atoms with van der Waals surface area (Å²) in [5.74, 6) is 1.27. The van der Waals surface area contributed by atoms with Gasteiger partial charge in [0, 0.05) is 25.1 Å². The van der Waals surface area contributed by atoms with Gasteiger partial charge in [0.25, 0.3) is 5.56 Å². The third-order valence-electron chi connectivity index (χ3n) is 5.21. The van der Waals surface area contributed by atoms with Crippen LogP contribution in [0.4, 0.5) is 0 Å². The Morgan fingerprint density at radius 1 is 1.52 bits per heavy atom. The number of aromatic nitrogens is 2. The summed E-state index contributed by atoms with van der Waals surface area (Å²) in [6, 6.07) is 0. The lowest BCUT2D eigenvalue weighted by Gasteiger charge is -2.24. The first-order chi connectivity index (χ1) is 14.0. The molecule has 2 aromatic rings. The molecule has 0 radical (unpaired) electrons. The van der Waals surface area contributed by atoms with Crippen LogP contribution in [-0.2, 0) is 28.9 Å². The van der Waals surface area contributed by atoms with Crippen molar-refractivity contribution in [2.75, 3.05) is 40.0 Å². The highest BCUT2D eigenvalue weighted by atomic mass is 32.1. The molecule has 2 aromatic heterocycles. The summed E-state index contributed by atoms with van der Waals surface area (Å²) in [4.78, 5) is 24.7. The number of hydrogen-bond donors (Lipinski definition) is 2. The summed E-state index contributed by atoms with van der Waals surface area (Å²) >= 11 is 1.65. The average Bonchev–Trinajstić information content (AvgIpc) is 3.03. The molecule has 0 spiro atoms. The summed E-state index contributed by atoms with van der Waals surface area (Å²) in [6.07, 6.45) is 4.12. The monoisotopic (exact) mass is 421 g/mol. The van der Waals surface area contributed by atoms with Gasteiger partial charge in [0.15, 0.2) is 0 Å². The molecule has 0 fully saturated rings. The van der Waals surface area contributed by atoms with Crippen LogP contribution in [0.5, 0.6) is 0 Å². The fraction of sp³-hybridized carbons (Fsp3) is 0.619. The number of aliphatic hydroxyl groups is 1. The van der Waals surface area contributed by atoms with E-state index in [-0.39, 0.29) is 12.2 Å². The SMILES string of the molecule is C=CCOC[C@@H](O)CN(CCOC)Cc1nc2sc3c(c2c(=O)[nH]1)CC[C@@H](C)C3. The molecule has 8 heteroatoms. The van der Waals surface area contributed by atoms with Crippen LogP contribution in [0.25, 0.3) is 10.2 Å². The quantitative estimate of drug-likeness (QED) is 0.427. The maximum atomic E-state index is 12.8. The lowest BCUT2D eigenvalue weighted by molar-refractivity contribution is 0.0189. The predicted octanol–water partition coefficient (Wildman–Crippen LogP) is 2.12. The van der Waals surface area contributed by atoms with Crippen LogP contribution < -0.4 is 5.56 Å². The molecular formula is C21H31N3O4S. The fourth-order valence-corrected chi connectivity index (χ4v) is 5.18. The van der Waals surface area contributed by atoms with Gasteiger partial charge in [-0.1, -0.05) is 13.0 Å². The van der Waals surface area contributed by atoms with Gasteiger partial charge in [-0.2, -0.15) is 0 Å². The van der Waals surface area contributed by atoms with E-state index in [4.69, 9.17) is 14.5 Å². The van der Waals surface area contributed by atoms with E-state index in [2.05, 4.69) is 18.5 Å². The van der Waals surface area contributed by atoms with E-state index in [1.165, 1.54) is 10.4 Å². The number of H-pyrrole nitrogens is 1. The number of ether oxygens (including phenoxy) is 2. The molecule has 0 unspecified atom stereocenters. The molecule has 1 aliphatic carbocycles. The largest absolute Gasteiger partial charge is 0.389 e. The lowest BCUT2D eigenvalue weighted by atomic mass is 9.89. The molecular weight excluding hydrogens is 390 g/mol. The third-order valence-corrected chi connectivity index (χ3v) is 6.36. The predicted molar refractivity (Wildman–Crippen MR) is 116 cm³/mol. The van der Waals surface area contributed by atoms with E-state index >= 15 is 0 Å². The summed E-state index contributed by atoms with van der Waals surface area (Å²) in [5.41, 5.74) is 1.13. The normalized spacial score (nSPS) is 17.6. The molecule has 160 valence electrons. The van der Waals surface area contributed by atoms with Crippen molar-refractivity contribution < 1.29 is 14.6 Å². The second-order valence-corrected chi connectivity index (χ2v) is 8.84. The molecule has 0 aliphatic heterocycles. The van der Waals surface area contributed by atoms with Crippen molar-refractivity contribution in [3.05, 3.63) is 39.3 Å². The minimum Gasteiger partial charge on any atom is -0.389 e. The van der Waals surface area contributed by atoms with Crippen LogP contribution >= 0.6 is 11.3 Å². The molecule has 0 amide bonds. The van der Waals surface area contributed by atoms with Crippen molar-refractivity contribution in [2.24, 2.45) is 5.92 Å². The summed E-state index contributed by atoms with van der Waals surface area (Å²) in [5, 5.41) is 11.0. The zero-order chi connectivity index (χ0) is 20.8. The maximum absolute atomic E-state index is 12.8. The molecule has 0 saturated carbocycles. The van der Waals surface area contributed by atoms with Gasteiger partial charge in [-0.25, -0.2) is 4.98 Å². The molecule has 2 atom stereocenters. The van der Waals surface area contributed by atoms with Crippen molar-refractivity contribution in [2.45, 2.75) is 38.8 Å². The lowest BCUT2D eigenvalue weighted by Crippen LogP contribution is -2.37. The van der Waals surface area contributed by atoms with Crippen LogP contribution in [0, 0.1) is 5.92 Å². The smallest absolute Gasteiger partial charge is 0.259 e. The fourth-order valence-electron chi connectivity index (χ4n) is 3.77. The van der Waals surface area contributed by atoms with E-state index in [1.807, 2.05) is 4.90 Å². The molecule has 2 heterocycles. The van der Waals surface area contributed by atoms with E-state index in [1.54, 1.807) is 24.5 Å². The minimum atomic E-state index is -0.641. The highest BCUT2D eigenvalue weighted by molar-refractivity contribution is 7.18. The molecule has 0 bridgehead atoms. The number of nitrogens with one attached hydrogen (secondary N) is 1. The van der Waals surface area contributed by atoms with Gasteiger partial charge in [0.1, 0.15) is 10.7 Å². The van der Waals surface area contributed by atoms with Gasteiger partial charge in [0.2, 0.25) is 0 Å². The maximum Gasteiger partial charge on any atom is 0.259 e. The number of thiophene rings is 1. The van der Waals surface area contributed by atoms with Crippen molar-refractivity contribution >= 4 is 21.6 Å². The summed E-state index contributed by atoms with van der Waals surface area (Å²) < 4.78 is 10.5. The Hall–Kier alpha value is -1.58. The average molecular weight is 422 g/mol. The molecule has 0 saturated heterocycles. The van der Waals surface area contributed by atoms with E-state index in [9.17, 15) is 9.90 Å². The highest BCUT2D eigenvalue weighted by Crippen LogP contribution is 2.35.